The van der Waals surface area contributed by atoms with Gasteiger partial charge in [0.05, 0.1) is 45.7 Å². The molecule has 42 heavy (non-hydrogen) atoms. The van der Waals surface area contributed by atoms with Gasteiger partial charge in [-0.2, -0.15) is 0 Å². The summed E-state index contributed by atoms with van der Waals surface area (Å²) < 4.78 is 41.6. The number of carbonyl (C=O) groups is 1. The van der Waals surface area contributed by atoms with Crippen molar-refractivity contribution in [3.05, 3.63) is 112 Å². The number of rotatable bonds is 6. The number of anilines is 1. The number of hydrogen-bond acceptors (Lipinski definition) is 7. The SMILES string of the molecule is COc1ccc2c(c1)N(C)[C@@H](CNC(=O)c1ccoc1)C[NH+]=C2c1ccc(Cl)cc1Cl.Cc1ccc(S(=O)(=O)[O-])cc1. The van der Waals surface area contributed by atoms with Crippen LogP contribution >= 0.6 is 23.2 Å². The second-order valence-electron chi connectivity index (χ2n) is 9.52. The number of hydrogen-bond donors (Lipinski definition) is 2. The topological polar surface area (TPSA) is 126 Å². The van der Waals surface area contributed by atoms with Crippen molar-refractivity contribution in [3.63, 3.8) is 0 Å². The van der Waals surface area contributed by atoms with Crippen LogP contribution in [0.5, 0.6) is 5.75 Å². The molecule has 2 heterocycles. The van der Waals surface area contributed by atoms with Crippen molar-refractivity contribution in [2.75, 3.05) is 32.1 Å². The third-order valence-corrected chi connectivity index (χ3v) is 8.11. The first kappa shape index (κ1) is 31.1. The van der Waals surface area contributed by atoms with Crippen molar-refractivity contribution in [3.8, 4) is 5.75 Å². The Morgan fingerprint density at radius 2 is 1.81 bits per heavy atom. The Morgan fingerprint density at radius 3 is 2.43 bits per heavy atom. The van der Waals surface area contributed by atoms with E-state index in [2.05, 4.69) is 15.2 Å². The van der Waals surface area contributed by atoms with Gasteiger partial charge in [-0.05, 0) is 55.5 Å². The highest BCUT2D eigenvalue weighted by molar-refractivity contribution is 7.85. The van der Waals surface area contributed by atoms with E-state index < -0.39 is 10.1 Å². The van der Waals surface area contributed by atoms with Gasteiger partial charge in [0.1, 0.15) is 28.2 Å². The number of halogens is 2. The van der Waals surface area contributed by atoms with Crippen LogP contribution in [0.25, 0.3) is 0 Å². The molecule has 0 spiro atoms. The second-order valence-corrected chi connectivity index (χ2v) is 11.7. The molecule has 0 saturated heterocycles. The molecule has 0 unspecified atom stereocenters. The lowest BCUT2D eigenvalue weighted by Gasteiger charge is -2.27. The predicted molar refractivity (Wildman–Crippen MR) is 161 cm³/mol. The number of furan rings is 1. The number of amides is 1. The number of ether oxygens (including phenoxy) is 1. The molecule has 1 atom stereocenters. The summed E-state index contributed by atoms with van der Waals surface area (Å²) >= 11 is 12.6. The highest BCUT2D eigenvalue weighted by atomic mass is 35.5. The van der Waals surface area contributed by atoms with Crippen molar-refractivity contribution in [1.82, 2.24) is 5.32 Å². The van der Waals surface area contributed by atoms with Crippen LogP contribution in [-0.2, 0) is 10.1 Å². The Hall–Kier alpha value is -3.83. The smallest absolute Gasteiger partial charge is 0.254 e. The van der Waals surface area contributed by atoms with E-state index in [1.807, 2.05) is 44.3 Å². The first-order valence-corrected chi connectivity index (χ1v) is 14.9. The third-order valence-electron chi connectivity index (χ3n) is 6.71. The van der Waals surface area contributed by atoms with Gasteiger partial charge in [-0.25, -0.2) is 13.4 Å². The molecule has 1 amide bonds. The largest absolute Gasteiger partial charge is 0.744 e. The van der Waals surface area contributed by atoms with Gasteiger partial charge >= 0.3 is 0 Å². The molecule has 3 aromatic carbocycles. The van der Waals surface area contributed by atoms with Crippen LogP contribution in [0.3, 0.4) is 0 Å². The van der Waals surface area contributed by atoms with Crippen LogP contribution in [0.15, 0.2) is 88.6 Å². The molecule has 9 nitrogen and oxygen atoms in total. The number of aryl methyl sites for hydroxylation is 1. The van der Waals surface area contributed by atoms with E-state index in [4.69, 9.17) is 32.4 Å². The van der Waals surface area contributed by atoms with Gasteiger partial charge in [0.25, 0.3) is 5.91 Å². The van der Waals surface area contributed by atoms with Gasteiger partial charge < -0.3 is 23.9 Å². The Morgan fingerprint density at radius 1 is 1.10 bits per heavy atom. The van der Waals surface area contributed by atoms with Crippen LogP contribution in [-0.4, -0.2) is 57.9 Å². The Labute approximate surface area is 254 Å². The zero-order valence-electron chi connectivity index (χ0n) is 23.1. The van der Waals surface area contributed by atoms with E-state index in [0.717, 1.165) is 33.8 Å². The van der Waals surface area contributed by atoms with Crippen molar-refractivity contribution in [2.45, 2.75) is 17.9 Å². The Balaban J connectivity index is 0.000000310. The summed E-state index contributed by atoms with van der Waals surface area (Å²) in [4.78, 5) is 17.9. The van der Waals surface area contributed by atoms with Crippen molar-refractivity contribution in [1.29, 1.82) is 0 Å². The number of nitrogens with zero attached hydrogens (tertiary/aromatic N) is 1. The molecule has 0 bridgehead atoms. The molecule has 5 rings (SSSR count). The fraction of sp³-hybridized carbons (Fsp3) is 0.200. The van der Waals surface area contributed by atoms with Crippen molar-refractivity contribution in [2.24, 2.45) is 0 Å². The minimum atomic E-state index is -4.27. The van der Waals surface area contributed by atoms with E-state index >= 15 is 0 Å². The van der Waals surface area contributed by atoms with Gasteiger partial charge in [0, 0.05) is 24.7 Å². The fourth-order valence-electron chi connectivity index (χ4n) is 4.34. The lowest BCUT2D eigenvalue weighted by atomic mass is 10.00. The zero-order valence-corrected chi connectivity index (χ0v) is 25.4. The number of fused-ring (bicyclic) bond motifs is 1. The summed E-state index contributed by atoms with van der Waals surface area (Å²) in [6.07, 6.45) is 2.91. The number of methoxy groups -OCH3 is 1. The second kappa shape index (κ2) is 13.4. The molecule has 0 fully saturated rings. The first-order chi connectivity index (χ1) is 20.0. The first-order valence-electron chi connectivity index (χ1n) is 12.8. The minimum Gasteiger partial charge on any atom is -0.744 e. The lowest BCUT2D eigenvalue weighted by molar-refractivity contribution is -0.457. The quantitative estimate of drug-likeness (QED) is 0.312. The molecule has 2 N–H and O–H groups in total. The molecule has 1 aliphatic rings. The van der Waals surface area contributed by atoms with Crippen LogP contribution in [0.1, 0.15) is 27.0 Å². The Bertz CT molecular complexity index is 1690. The van der Waals surface area contributed by atoms with Gasteiger partial charge in [-0.15, -0.1) is 0 Å². The summed E-state index contributed by atoms with van der Waals surface area (Å²) in [5, 5.41) is 4.12. The van der Waals surface area contributed by atoms with Gasteiger partial charge in [-0.3, -0.25) is 4.79 Å². The molecule has 0 saturated carbocycles. The third kappa shape index (κ3) is 7.51. The lowest BCUT2D eigenvalue weighted by Crippen LogP contribution is -2.77. The number of carbonyl (C=O) groups excluding carboxylic acids is 1. The van der Waals surface area contributed by atoms with Gasteiger partial charge in [-0.1, -0.05) is 40.9 Å². The molecule has 1 aliphatic heterocycles. The number of benzodiazepines with no additional fused rings is 1. The highest BCUT2D eigenvalue weighted by Gasteiger charge is 2.30. The molecule has 12 heteroatoms. The predicted octanol–water partition coefficient (Wildman–Crippen LogP) is 3.66. The number of nitrogens with one attached hydrogen (secondary N) is 2. The van der Waals surface area contributed by atoms with E-state index in [9.17, 15) is 17.8 Å². The van der Waals surface area contributed by atoms with Gasteiger partial charge in [0.2, 0.25) is 5.71 Å². The summed E-state index contributed by atoms with van der Waals surface area (Å²) in [6, 6.07) is 18.8. The average Bonchev–Trinajstić information content (AvgIpc) is 3.46. The summed E-state index contributed by atoms with van der Waals surface area (Å²) in [7, 11) is -0.630. The van der Waals surface area contributed by atoms with E-state index in [0.29, 0.717) is 28.7 Å². The number of likely N-dealkylation sites (N-methyl/N-ethyl adjacent to an activating group) is 1. The summed E-state index contributed by atoms with van der Waals surface area (Å²) in [5.74, 6) is 0.567. The monoisotopic (exact) mass is 629 g/mol. The molecule has 220 valence electrons. The van der Waals surface area contributed by atoms with Crippen LogP contribution in [0, 0.1) is 6.92 Å². The zero-order chi connectivity index (χ0) is 30.4. The van der Waals surface area contributed by atoms with E-state index in [-0.39, 0.29) is 16.8 Å². The van der Waals surface area contributed by atoms with E-state index in [1.165, 1.54) is 24.7 Å². The fourth-order valence-corrected chi connectivity index (χ4v) is 5.32. The highest BCUT2D eigenvalue weighted by Crippen LogP contribution is 2.31. The summed E-state index contributed by atoms with van der Waals surface area (Å²) in [6.45, 7) is 2.85. The molecule has 0 aliphatic carbocycles. The van der Waals surface area contributed by atoms with Crippen LogP contribution in [0.2, 0.25) is 10.0 Å². The maximum absolute atomic E-state index is 12.4. The van der Waals surface area contributed by atoms with Crippen LogP contribution < -0.4 is 19.9 Å². The van der Waals surface area contributed by atoms with Crippen molar-refractivity contribution >= 4 is 50.6 Å². The van der Waals surface area contributed by atoms with Gasteiger partial charge in [0.15, 0.2) is 6.54 Å². The van der Waals surface area contributed by atoms with Crippen molar-refractivity contribution < 1.29 is 31.9 Å². The normalized spacial score (nSPS) is 14.6. The minimum absolute atomic E-state index is 0.0229. The molecular weight excluding hydrogens is 601 g/mol. The maximum Gasteiger partial charge on any atom is 0.254 e. The molecular formula is C30H29Cl2N3O6S. The van der Waals surface area contributed by atoms with E-state index in [1.54, 1.807) is 31.4 Å². The average molecular weight is 631 g/mol. The maximum atomic E-state index is 12.4. The molecule has 1 aromatic heterocycles. The Kier molecular flexibility index (Phi) is 9.95. The number of benzene rings is 3. The molecule has 4 aromatic rings. The standard InChI is InChI=1S/C23H21Cl2N3O3.C7H8O3S/c1-28-16(12-27-23(29)14-7-8-31-13-14)11-26-22(18-5-3-15(24)9-20(18)25)19-6-4-17(30-2)10-21(19)28;1-6-2-4-7(5-3-6)11(8,9)10/h3-10,13,16H,11-12H2,1-2H3,(H,27,29);2-5H,1H3,(H,8,9,10)/t16-;/m1./s1. The summed E-state index contributed by atoms with van der Waals surface area (Å²) in [5.41, 5.74) is 5.12. The molecule has 0 radical (unpaired) electrons. The van der Waals surface area contributed by atoms with Crippen LogP contribution in [0.4, 0.5) is 5.69 Å².